The van der Waals surface area contributed by atoms with E-state index < -0.39 is 17.4 Å². The van der Waals surface area contributed by atoms with Crippen LogP contribution in [-0.2, 0) is 9.59 Å². The van der Waals surface area contributed by atoms with Gasteiger partial charge in [0, 0.05) is 16.1 Å². The number of hydrogen-bond acceptors (Lipinski definition) is 2. The zero-order valence-corrected chi connectivity index (χ0v) is 11.9. The second-order valence-electron chi connectivity index (χ2n) is 4.42. The monoisotopic (exact) mass is 301 g/mol. The van der Waals surface area contributed by atoms with E-state index in [1.165, 1.54) is 26.0 Å². The second kappa shape index (κ2) is 6.08. The molecule has 0 saturated carbocycles. The molecule has 0 heterocycles. The highest BCUT2D eigenvalue weighted by Gasteiger charge is 2.27. The number of halogens is 2. The van der Waals surface area contributed by atoms with Gasteiger partial charge in [0.15, 0.2) is 0 Å². The van der Waals surface area contributed by atoms with E-state index in [9.17, 15) is 9.59 Å². The number of carboxylic acid groups (broad SMARTS) is 1. The van der Waals surface area contributed by atoms with Gasteiger partial charge < -0.3 is 10.4 Å². The number of carboxylic acids is 1. The maximum absolute atomic E-state index is 11.6. The molecule has 0 aliphatic carbocycles. The Morgan fingerprint density at radius 2 is 1.95 bits per heavy atom. The largest absolute Gasteiger partial charge is 0.480 e. The van der Waals surface area contributed by atoms with Gasteiger partial charge in [-0.05, 0) is 43.7 Å². The Bertz CT molecular complexity index is 539. The summed E-state index contributed by atoms with van der Waals surface area (Å²) >= 11 is 11.7. The lowest BCUT2D eigenvalue weighted by molar-refractivity contribution is -0.145. The molecule has 0 bridgehead atoms. The molecule has 0 aliphatic heterocycles. The van der Waals surface area contributed by atoms with E-state index in [4.69, 9.17) is 28.3 Å². The molecule has 0 unspecified atom stereocenters. The van der Waals surface area contributed by atoms with Crippen LogP contribution in [0.15, 0.2) is 24.3 Å². The Hall–Kier alpha value is -1.52. The summed E-state index contributed by atoms with van der Waals surface area (Å²) in [5, 5.41) is 12.2. The predicted molar refractivity (Wildman–Crippen MR) is 75.4 cm³/mol. The number of amides is 1. The number of rotatable bonds is 4. The molecule has 2 N–H and O–H groups in total. The van der Waals surface area contributed by atoms with Crippen LogP contribution in [0.4, 0.5) is 0 Å². The van der Waals surface area contributed by atoms with Gasteiger partial charge in [0.25, 0.3) is 0 Å². The van der Waals surface area contributed by atoms with Crippen molar-refractivity contribution >= 4 is 41.2 Å². The molecular formula is C13H13Cl2NO3. The van der Waals surface area contributed by atoms with Gasteiger partial charge >= 0.3 is 5.97 Å². The smallest absolute Gasteiger partial charge is 0.328 e. The van der Waals surface area contributed by atoms with Crippen molar-refractivity contribution in [3.05, 3.63) is 39.9 Å². The van der Waals surface area contributed by atoms with Gasteiger partial charge in [-0.25, -0.2) is 4.79 Å². The van der Waals surface area contributed by atoms with Crippen molar-refractivity contribution < 1.29 is 14.7 Å². The highest BCUT2D eigenvalue weighted by Crippen LogP contribution is 2.21. The Morgan fingerprint density at radius 1 is 1.32 bits per heavy atom. The molecular weight excluding hydrogens is 289 g/mol. The summed E-state index contributed by atoms with van der Waals surface area (Å²) < 4.78 is 0. The first kappa shape index (κ1) is 15.5. The number of nitrogens with one attached hydrogen (secondary N) is 1. The average molecular weight is 302 g/mol. The predicted octanol–water partition coefficient (Wildman–Crippen LogP) is 2.99. The third-order valence-corrected chi connectivity index (χ3v) is 2.92. The van der Waals surface area contributed by atoms with Crippen LogP contribution in [0.3, 0.4) is 0 Å². The highest BCUT2D eigenvalue weighted by atomic mass is 35.5. The summed E-state index contributed by atoms with van der Waals surface area (Å²) in [7, 11) is 0. The van der Waals surface area contributed by atoms with Crippen LogP contribution in [-0.4, -0.2) is 22.5 Å². The topological polar surface area (TPSA) is 66.4 Å². The minimum atomic E-state index is -1.33. The number of carbonyl (C=O) groups excluding carboxylic acids is 1. The number of hydrogen-bond donors (Lipinski definition) is 2. The molecule has 0 spiro atoms. The summed E-state index contributed by atoms with van der Waals surface area (Å²) in [6.07, 6.45) is 2.68. The Kier molecular flexibility index (Phi) is 4.97. The standard InChI is InChI=1S/C13H13Cl2NO3/c1-13(2,12(18)19)16-11(17)6-3-8-7-9(14)4-5-10(8)15/h3-7H,1-2H3,(H,16,17)(H,18,19)/b6-3+. The van der Waals surface area contributed by atoms with Crippen LogP contribution in [0.2, 0.25) is 10.0 Å². The lowest BCUT2D eigenvalue weighted by Crippen LogP contribution is -2.49. The molecule has 1 aromatic carbocycles. The van der Waals surface area contributed by atoms with Gasteiger partial charge in [-0.15, -0.1) is 0 Å². The molecule has 0 saturated heterocycles. The molecule has 102 valence electrons. The van der Waals surface area contributed by atoms with E-state index in [-0.39, 0.29) is 0 Å². The molecule has 19 heavy (non-hydrogen) atoms. The number of aliphatic carboxylic acids is 1. The van der Waals surface area contributed by atoms with E-state index in [0.717, 1.165) is 0 Å². The lowest BCUT2D eigenvalue weighted by Gasteiger charge is -2.19. The third kappa shape index (κ3) is 4.58. The molecule has 1 aromatic rings. The minimum absolute atomic E-state index is 0.450. The molecule has 0 radical (unpaired) electrons. The molecule has 0 aliphatic rings. The fourth-order valence-electron chi connectivity index (χ4n) is 1.21. The van der Waals surface area contributed by atoms with Gasteiger partial charge in [0.05, 0.1) is 0 Å². The van der Waals surface area contributed by atoms with Crippen LogP contribution in [0.1, 0.15) is 19.4 Å². The average Bonchev–Trinajstić information content (AvgIpc) is 2.29. The van der Waals surface area contributed by atoms with Crippen LogP contribution in [0.5, 0.6) is 0 Å². The second-order valence-corrected chi connectivity index (χ2v) is 5.26. The normalized spacial score (nSPS) is 11.6. The van der Waals surface area contributed by atoms with Crippen molar-refractivity contribution in [1.29, 1.82) is 0 Å². The summed E-state index contributed by atoms with van der Waals surface area (Å²) in [6, 6.07) is 4.85. The van der Waals surface area contributed by atoms with E-state index >= 15 is 0 Å². The van der Waals surface area contributed by atoms with Crippen LogP contribution in [0.25, 0.3) is 6.08 Å². The van der Waals surface area contributed by atoms with Crippen molar-refractivity contribution in [2.24, 2.45) is 0 Å². The van der Waals surface area contributed by atoms with E-state index in [1.54, 1.807) is 18.2 Å². The fraction of sp³-hybridized carbons (Fsp3) is 0.231. The molecule has 6 heteroatoms. The van der Waals surface area contributed by atoms with Crippen LogP contribution in [0, 0.1) is 0 Å². The van der Waals surface area contributed by atoms with E-state index in [1.807, 2.05) is 0 Å². The van der Waals surface area contributed by atoms with Gasteiger partial charge in [-0.3, -0.25) is 4.79 Å². The summed E-state index contributed by atoms with van der Waals surface area (Å²) in [6.45, 7) is 2.79. The van der Waals surface area contributed by atoms with E-state index in [2.05, 4.69) is 5.32 Å². The van der Waals surface area contributed by atoms with Crippen molar-refractivity contribution in [1.82, 2.24) is 5.32 Å². The first-order valence-electron chi connectivity index (χ1n) is 5.41. The Labute approximate surface area is 121 Å². The van der Waals surface area contributed by atoms with Gasteiger partial charge in [-0.2, -0.15) is 0 Å². The van der Waals surface area contributed by atoms with Gasteiger partial charge in [0.1, 0.15) is 5.54 Å². The van der Waals surface area contributed by atoms with Crippen LogP contribution < -0.4 is 5.32 Å². The first-order chi connectivity index (χ1) is 8.72. The molecule has 1 rings (SSSR count). The van der Waals surface area contributed by atoms with Crippen molar-refractivity contribution in [3.8, 4) is 0 Å². The maximum Gasteiger partial charge on any atom is 0.328 e. The van der Waals surface area contributed by atoms with Crippen molar-refractivity contribution in [2.75, 3.05) is 0 Å². The third-order valence-electron chi connectivity index (χ3n) is 2.34. The summed E-state index contributed by atoms with van der Waals surface area (Å²) in [5.74, 6) is -1.64. The quantitative estimate of drug-likeness (QED) is 0.840. The molecule has 0 fully saturated rings. The zero-order chi connectivity index (χ0) is 14.6. The van der Waals surface area contributed by atoms with Crippen molar-refractivity contribution in [3.63, 3.8) is 0 Å². The Balaban J connectivity index is 2.79. The molecule has 0 atom stereocenters. The van der Waals surface area contributed by atoms with Gasteiger partial charge in [-0.1, -0.05) is 23.2 Å². The molecule has 4 nitrogen and oxygen atoms in total. The number of carbonyl (C=O) groups is 2. The Morgan fingerprint density at radius 3 is 2.53 bits per heavy atom. The van der Waals surface area contributed by atoms with Crippen LogP contribution >= 0.6 is 23.2 Å². The van der Waals surface area contributed by atoms with E-state index in [0.29, 0.717) is 15.6 Å². The molecule has 0 aromatic heterocycles. The summed E-state index contributed by atoms with van der Waals surface area (Å²) in [4.78, 5) is 22.4. The fourth-order valence-corrected chi connectivity index (χ4v) is 1.57. The summed E-state index contributed by atoms with van der Waals surface area (Å²) in [5.41, 5.74) is -0.753. The lowest BCUT2D eigenvalue weighted by atomic mass is 10.1. The van der Waals surface area contributed by atoms with Crippen molar-refractivity contribution in [2.45, 2.75) is 19.4 Å². The molecule has 1 amide bonds. The minimum Gasteiger partial charge on any atom is -0.480 e. The maximum atomic E-state index is 11.6. The zero-order valence-electron chi connectivity index (χ0n) is 10.4. The number of benzene rings is 1. The highest BCUT2D eigenvalue weighted by molar-refractivity contribution is 6.34. The SMILES string of the molecule is CC(C)(NC(=O)/C=C/c1cc(Cl)ccc1Cl)C(=O)O. The first-order valence-corrected chi connectivity index (χ1v) is 6.16. The van der Waals surface area contributed by atoms with Gasteiger partial charge in [0.2, 0.25) is 5.91 Å².